The number of hydrogen-bond acceptors (Lipinski definition) is 4. The maximum atomic E-state index is 11.0. The predicted molar refractivity (Wildman–Crippen MR) is 111 cm³/mol. The van der Waals surface area contributed by atoms with Crippen molar-refractivity contribution < 1.29 is 19.7 Å². The highest BCUT2D eigenvalue weighted by Gasteiger charge is 2.31. The first kappa shape index (κ1) is 18.1. The van der Waals surface area contributed by atoms with Crippen LogP contribution in [-0.2, 0) is 10.5 Å². The maximum absolute atomic E-state index is 11.0. The van der Waals surface area contributed by atoms with E-state index in [1.165, 1.54) is 0 Å². The monoisotopic (exact) mass is 374 g/mol. The van der Waals surface area contributed by atoms with Gasteiger partial charge in [0.05, 0.1) is 5.39 Å². The standard InChI is InChI=1S/C24H22O4/c1-15-13-14-19-20(22(26)18-12-8-7-11-17(18)21(19)25)23(15)28-24(2,27-3)16-9-5-4-6-10-16/h4-14,25-26H,1-3H3. The van der Waals surface area contributed by atoms with Crippen molar-refractivity contribution in [3.63, 3.8) is 0 Å². The van der Waals surface area contributed by atoms with Gasteiger partial charge in [-0.1, -0.05) is 60.7 Å². The third-order valence-electron chi connectivity index (χ3n) is 5.27. The highest BCUT2D eigenvalue weighted by molar-refractivity contribution is 6.12. The SMILES string of the molecule is COC(C)(Oc1c(C)ccc2c(O)c3ccccc3c(O)c12)c1ccccc1. The van der Waals surface area contributed by atoms with Crippen molar-refractivity contribution in [2.45, 2.75) is 19.6 Å². The molecule has 0 heterocycles. The Balaban J connectivity index is 2.00. The summed E-state index contributed by atoms with van der Waals surface area (Å²) in [4.78, 5) is 0. The Kier molecular flexibility index (Phi) is 4.36. The van der Waals surface area contributed by atoms with Gasteiger partial charge in [0.15, 0.2) is 0 Å². The first-order chi connectivity index (χ1) is 13.5. The molecule has 4 aromatic carbocycles. The fourth-order valence-electron chi connectivity index (χ4n) is 3.58. The summed E-state index contributed by atoms with van der Waals surface area (Å²) in [6.07, 6.45) is 0. The van der Waals surface area contributed by atoms with E-state index in [-0.39, 0.29) is 11.5 Å². The zero-order valence-electron chi connectivity index (χ0n) is 16.1. The van der Waals surface area contributed by atoms with E-state index in [0.717, 1.165) is 11.1 Å². The number of aryl methyl sites for hydroxylation is 1. The van der Waals surface area contributed by atoms with Gasteiger partial charge in [-0.2, -0.15) is 0 Å². The molecular weight excluding hydrogens is 352 g/mol. The largest absolute Gasteiger partial charge is 0.507 e. The molecule has 0 spiro atoms. The van der Waals surface area contributed by atoms with Crippen LogP contribution in [0.3, 0.4) is 0 Å². The first-order valence-electron chi connectivity index (χ1n) is 9.12. The van der Waals surface area contributed by atoms with E-state index in [9.17, 15) is 10.2 Å². The number of fused-ring (bicyclic) bond motifs is 2. The van der Waals surface area contributed by atoms with Gasteiger partial charge in [0.1, 0.15) is 17.2 Å². The van der Waals surface area contributed by atoms with Crippen LogP contribution in [-0.4, -0.2) is 17.3 Å². The molecule has 4 rings (SSSR count). The van der Waals surface area contributed by atoms with Crippen molar-refractivity contribution >= 4 is 21.5 Å². The second-order valence-corrected chi connectivity index (χ2v) is 6.99. The fourth-order valence-corrected chi connectivity index (χ4v) is 3.58. The third kappa shape index (κ3) is 2.74. The zero-order chi connectivity index (χ0) is 19.9. The molecule has 1 atom stereocenters. The molecular formula is C24H22O4. The Labute approximate surface area is 163 Å². The van der Waals surface area contributed by atoms with Crippen molar-refractivity contribution in [3.8, 4) is 17.2 Å². The predicted octanol–water partition coefficient (Wildman–Crippen LogP) is 5.61. The number of phenols is 2. The van der Waals surface area contributed by atoms with E-state index < -0.39 is 5.79 Å². The van der Waals surface area contributed by atoms with Crippen LogP contribution in [0.5, 0.6) is 17.2 Å². The van der Waals surface area contributed by atoms with Crippen LogP contribution in [0.4, 0.5) is 0 Å². The van der Waals surface area contributed by atoms with Gasteiger partial charge in [0.2, 0.25) is 5.79 Å². The van der Waals surface area contributed by atoms with Gasteiger partial charge >= 0.3 is 0 Å². The Bertz CT molecular complexity index is 1170. The number of hydrogen-bond donors (Lipinski definition) is 2. The first-order valence-corrected chi connectivity index (χ1v) is 9.12. The lowest BCUT2D eigenvalue weighted by atomic mass is 9.98. The lowest BCUT2D eigenvalue weighted by Crippen LogP contribution is -2.32. The van der Waals surface area contributed by atoms with Crippen molar-refractivity contribution in [3.05, 3.63) is 77.9 Å². The number of phenolic OH excluding ortho intramolecular Hbond substituents is 2. The van der Waals surface area contributed by atoms with E-state index in [2.05, 4.69) is 0 Å². The average molecular weight is 374 g/mol. The average Bonchev–Trinajstić information content (AvgIpc) is 2.74. The molecule has 0 aliphatic carbocycles. The smallest absolute Gasteiger partial charge is 0.234 e. The number of ether oxygens (including phenoxy) is 2. The number of rotatable bonds is 4. The Hall–Kier alpha value is -3.24. The van der Waals surface area contributed by atoms with Gasteiger partial charge < -0.3 is 19.7 Å². The van der Waals surface area contributed by atoms with Gasteiger partial charge in [0.25, 0.3) is 0 Å². The topological polar surface area (TPSA) is 58.9 Å². The molecule has 0 amide bonds. The molecule has 0 fully saturated rings. The van der Waals surface area contributed by atoms with Gasteiger partial charge in [-0.15, -0.1) is 0 Å². The van der Waals surface area contributed by atoms with Crippen molar-refractivity contribution in [2.24, 2.45) is 0 Å². The molecule has 0 saturated carbocycles. The van der Waals surface area contributed by atoms with Gasteiger partial charge in [-0.3, -0.25) is 0 Å². The van der Waals surface area contributed by atoms with Gasteiger partial charge in [-0.25, -0.2) is 0 Å². The molecule has 4 aromatic rings. The van der Waals surface area contributed by atoms with Crippen LogP contribution in [0, 0.1) is 6.92 Å². The molecule has 0 aliphatic heterocycles. The molecule has 28 heavy (non-hydrogen) atoms. The molecule has 0 aliphatic rings. The summed E-state index contributed by atoms with van der Waals surface area (Å²) >= 11 is 0. The molecule has 1 unspecified atom stereocenters. The molecule has 4 nitrogen and oxygen atoms in total. The van der Waals surface area contributed by atoms with Crippen molar-refractivity contribution in [1.82, 2.24) is 0 Å². The highest BCUT2D eigenvalue weighted by Crippen LogP contribution is 2.47. The molecule has 142 valence electrons. The number of benzene rings is 4. The fraction of sp³-hybridized carbons (Fsp3) is 0.167. The van der Waals surface area contributed by atoms with E-state index in [4.69, 9.17) is 9.47 Å². The molecule has 2 N–H and O–H groups in total. The van der Waals surface area contributed by atoms with Crippen LogP contribution >= 0.6 is 0 Å². The van der Waals surface area contributed by atoms with Crippen LogP contribution in [0.1, 0.15) is 18.1 Å². The molecule has 0 bridgehead atoms. The van der Waals surface area contributed by atoms with Crippen LogP contribution in [0.15, 0.2) is 66.7 Å². The molecule has 4 heteroatoms. The van der Waals surface area contributed by atoms with E-state index in [0.29, 0.717) is 27.3 Å². The van der Waals surface area contributed by atoms with Crippen LogP contribution < -0.4 is 4.74 Å². The quantitative estimate of drug-likeness (QED) is 0.277. The van der Waals surface area contributed by atoms with Crippen LogP contribution in [0.25, 0.3) is 21.5 Å². The zero-order valence-corrected chi connectivity index (χ0v) is 16.1. The summed E-state index contributed by atoms with van der Waals surface area (Å²) in [6, 6.07) is 20.5. The Morgan fingerprint density at radius 2 is 1.36 bits per heavy atom. The van der Waals surface area contributed by atoms with Gasteiger partial charge in [0, 0.05) is 35.8 Å². The lowest BCUT2D eigenvalue weighted by Gasteiger charge is -2.31. The Morgan fingerprint density at radius 1 is 0.750 bits per heavy atom. The summed E-state index contributed by atoms with van der Waals surface area (Å²) in [6.45, 7) is 3.74. The van der Waals surface area contributed by atoms with E-state index in [1.807, 2.05) is 62.4 Å². The number of methoxy groups -OCH3 is 1. The van der Waals surface area contributed by atoms with Crippen molar-refractivity contribution in [2.75, 3.05) is 7.11 Å². The van der Waals surface area contributed by atoms with E-state index >= 15 is 0 Å². The second-order valence-electron chi connectivity index (χ2n) is 6.99. The summed E-state index contributed by atoms with van der Waals surface area (Å²) in [5, 5.41) is 24.0. The number of aromatic hydroxyl groups is 2. The lowest BCUT2D eigenvalue weighted by molar-refractivity contribution is -0.157. The minimum Gasteiger partial charge on any atom is -0.507 e. The minimum atomic E-state index is -1.06. The second kappa shape index (κ2) is 6.73. The molecule has 0 aromatic heterocycles. The third-order valence-corrected chi connectivity index (χ3v) is 5.27. The van der Waals surface area contributed by atoms with Gasteiger partial charge in [-0.05, 0) is 18.6 Å². The van der Waals surface area contributed by atoms with Crippen LogP contribution in [0.2, 0.25) is 0 Å². The highest BCUT2D eigenvalue weighted by atomic mass is 16.7. The summed E-state index contributed by atoms with van der Waals surface area (Å²) in [5.74, 6) is -0.390. The minimum absolute atomic E-state index is 0.0774. The Morgan fingerprint density at radius 3 is 2.00 bits per heavy atom. The van der Waals surface area contributed by atoms with E-state index in [1.54, 1.807) is 25.3 Å². The summed E-state index contributed by atoms with van der Waals surface area (Å²) in [7, 11) is 1.58. The normalized spacial score (nSPS) is 13.5. The molecule has 0 saturated heterocycles. The summed E-state index contributed by atoms with van der Waals surface area (Å²) in [5.41, 5.74) is 1.68. The summed E-state index contributed by atoms with van der Waals surface area (Å²) < 4.78 is 12.1. The maximum Gasteiger partial charge on any atom is 0.234 e. The van der Waals surface area contributed by atoms with Crippen molar-refractivity contribution in [1.29, 1.82) is 0 Å². The molecule has 0 radical (unpaired) electrons.